The van der Waals surface area contributed by atoms with Crippen molar-refractivity contribution in [1.29, 1.82) is 0 Å². The van der Waals surface area contributed by atoms with E-state index >= 15 is 0 Å². The van der Waals surface area contributed by atoms with Crippen LogP contribution in [-0.4, -0.2) is 60.8 Å². The number of ketones is 1. The van der Waals surface area contributed by atoms with E-state index in [1.807, 2.05) is 6.08 Å². The summed E-state index contributed by atoms with van der Waals surface area (Å²) >= 11 is 0. The van der Waals surface area contributed by atoms with Gasteiger partial charge in [-0.3, -0.25) is 4.79 Å². The Bertz CT molecular complexity index is 774. The standard InChI is InChI=1S/C24H36O7/c1-21-8-6-16(25)10-15(21)4-5-17-18-7-9-23(26,24(27)12-29-14-31-24)22(18,2)11-19(20(17)21)30-13-28-3/h10,17-20,26-27H,4-9,11-14H2,1-3H3/t17-,18?,19-,20?,21-,22-,23+,24?/m0/s1. The van der Waals surface area contributed by atoms with Crippen LogP contribution in [0.1, 0.15) is 58.8 Å². The van der Waals surface area contributed by atoms with Crippen LogP contribution in [0.4, 0.5) is 0 Å². The van der Waals surface area contributed by atoms with Crippen LogP contribution in [0.3, 0.4) is 0 Å². The molecule has 1 saturated heterocycles. The molecule has 2 N–H and O–H groups in total. The van der Waals surface area contributed by atoms with E-state index in [1.165, 1.54) is 5.57 Å². The fourth-order valence-electron chi connectivity index (χ4n) is 8.21. The Hall–Kier alpha value is -0.830. The minimum Gasteiger partial charge on any atom is -0.384 e. The van der Waals surface area contributed by atoms with Gasteiger partial charge in [0.2, 0.25) is 5.79 Å². The van der Waals surface area contributed by atoms with Crippen LogP contribution in [0.25, 0.3) is 0 Å². The van der Waals surface area contributed by atoms with Crippen LogP contribution in [0.2, 0.25) is 0 Å². The summed E-state index contributed by atoms with van der Waals surface area (Å²) in [4.78, 5) is 12.2. The monoisotopic (exact) mass is 436 g/mol. The number of carbonyl (C=O) groups is 1. The van der Waals surface area contributed by atoms with Gasteiger partial charge in [0.15, 0.2) is 12.6 Å². The first kappa shape index (κ1) is 22.0. The summed E-state index contributed by atoms with van der Waals surface area (Å²) in [5, 5.41) is 23.2. The Balaban J connectivity index is 1.55. The molecule has 0 aromatic heterocycles. The van der Waals surface area contributed by atoms with Crippen molar-refractivity contribution in [3.63, 3.8) is 0 Å². The number of hydrogen-bond acceptors (Lipinski definition) is 7. The van der Waals surface area contributed by atoms with E-state index in [9.17, 15) is 15.0 Å². The zero-order valence-corrected chi connectivity index (χ0v) is 18.9. The number of ether oxygens (including phenoxy) is 4. The van der Waals surface area contributed by atoms with E-state index in [0.29, 0.717) is 25.2 Å². The summed E-state index contributed by atoms with van der Waals surface area (Å²) in [6.45, 7) is 4.56. The van der Waals surface area contributed by atoms with Crippen LogP contribution in [-0.2, 0) is 23.7 Å². The molecule has 5 rings (SSSR count). The van der Waals surface area contributed by atoms with Gasteiger partial charge in [0, 0.05) is 18.9 Å². The lowest BCUT2D eigenvalue weighted by Crippen LogP contribution is -2.67. The highest BCUT2D eigenvalue weighted by Gasteiger charge is 2.73. The van der Waals surface area contributed by atoms with Gasteiger partial charge in [-0.2, -0.15) is 0 Å². The number of methoxy groups -OCH3 is 1. The van der Waals surface area contributed by atoms with E-state index in [4.69, 9.17) is 18.9 Å². The lowest BCUT2D eigenvalue weighted by molar-refractivity contribution is -0.317. The van der Waals surface area contributed by atoms with E-state index < -0.39 is 16.8 Å². The van der Waals surface area contributed by atoms with E-state index in [2.05, 4.69) is 13.8 Å². The second-order valence-electron chi connectivity index (χ2n) is 10.9. The van der Waals surface area contributed by atoms with Crippen LogP contribution in [0.5, 0.6) is 0 Å². The maximum Gasteiger partial charge on any atom is 0.221 e. The lowest BCUT2D eigenvalue weighted by atomic mass is 9.45. The number of allylic oxidation sites excluding steroid dienone is 1. The predicted octanol–water partition coefficient (Wildman–Crippen LogP) is 2.54. The largest absolute Gasteiger partial charge is 0.384 e. The Kier molecular flexibility index (Phi) is 5.20. The lowest BCUT2D eigenvalue weighted by Gasteiger charge is -2.62. The molecular formula is C24H36O7. The zero-order valence-electron chi connectivity index (χ0n) is 18.9. The molecule has 7 nitrogen and oxygen atoms in total. The van der Waals surface area contributed by atoms with Gasteiger partial charge in [0.1, 0.15) is 19.0 Å². The average molecular weight is 437 g/mol. The van der Waals surface area contributed by atoms with Crippen LogP contribution < -0.4 is 0 Å². The highest BCUT2D eigenvalue weighted by molar-refractivity contribution is 5.91. The van der Waals surface area contributed by atoms with Crippen molar-refractivity contribution in [1.82, 2.24) is 0 Å². The van der Waals surface area contributed by atoms with E-state index in [1.54, 1.807) is 7.11 Å². The van der Waals surface area contributed by atoms with Crippen molar-refractivity contribution < 1.29 is 34.0 Å². The van der Waals surface area contributed by atoms with Gasteiger partial charge in [-0.1, -0.05) is 19.4 Å². The van der Waals surface area contributed by atoms with Crippen LogP contribution in [0.15, 0.2) is 11.6 Å². The molecular weight excluding hydrogens is 400 g/mol. The normalized spacial score (nSPS) is 51.8. The highest BCUT2D eigenvalue weighted by atomic mass is 16.8. The van der Waals surface area contributed by atoms with Gasteiger partial charge >= 0.3 is 0 Å². The first-order chi connectivity index (χ1) is 14.7. The Morgan fingerprint density at radius 2 is 2.00 bits per heavy atom. The van der Waals surface area contributed by atoms with Crippen molar-refractivity contribution in [2.24, 2.45) is 28.6 Å². The topological polar surface area (TPSA) is 94.5 Å². The number of hydrogen-bond donors (Lipinski definition) is 2. The average Bonchev–Trinajstić information content (AvgIpc) is 3.30. The smallest absolute Gasteiger partial charge is 0.221 e. The number of fused-ring (bicyclic) bond motifs is 5. The van der Waals surface area contributed by atoms with Crippen LogP contribution >= 0.6 is 0 Å². The van der Waals surface area contributed by atoms with Gasteiger partial charge < -0.3 is 29.2 Å². The third kappa shape index (κ3) is 2.90. The van der Waals surface area contributed by atoms with Gasteiger partial charge in [0.05, 0.1) is 6.10 Å². The summed E-state index contributed by atoms with van der Waals surface area (Å²) in [7, 11) is 1.62. The first-order valence-electron chi connectivity index (χ1n) is 11.7. The van der Waals surface area contributed by atoms with Gasteiger partial charge in [0.25, 0.3) is 0 Å². The van der Waals surface area contributed by atoms with Crippen molar-refractivity contribution in [2.45, 2.75) is 76.3 Å². The maximum atomic E-state index is 12.2. The molecule has 7 heteroatoms. The molecule has 8 atom stereocenters. The molecule has 4 fully saturated rings. The molecule has 5 aliphatic rings. The second-order valence-corrected chi connectivity index (χ2v) is 10.9. The Morgan fingerprint density at radius 3 is 2.71 bits per heavy atom. The second kappa shape index (κ2) is 7.34. The van der Waals surface area contributed by atoms with Crippen molar-refractivity contribution in [3.05, 3.63) is 11.6 Å². The molecule has 0 aromatic rings. The maximum absolute atomic E-state index is 12.2. The minimum atomic E-state index is -1.70. The fourth-order valence-corrected chi connectivity index (χ4v) is 8.21. The van der Waals surface area contributed by atoms with Crippen molar-refractivity contribution >= 4 is 5.78 Å². The molecule has 1 aliphatic heterocycles. The SMILES string of the molecule is COCO[C@H]1C[C@@]2(C)C(CC[C@]2(O)C2(O)COCO2)[C@@H]2CCC3=CC(=O)CC[C@]3(C)C21. The fraction of sp³-hybridized carbons (Fsp3) is 0.875. The van der Waals surface area contributed by atoms with E-state index in [-0.39, 0.29) is 49.3 Å². The molecule has 0 spiro atoms. The molecule has 3 saturated carbocycles. The molecule has 0 bridgehead atoms. The molecule has 4 aliphatic carbocycles. The minimum absolute atomic E-state index is 0.00450. The van der Waals surface area contributed by atoms with Crippen molar-refractivity contribution in [2.75, 3.05) is 27.3 Å². The number of carbonyl (C=O) groups excluding carboxylic acids is 1. The number of rotatable bonds is 4. The first-order valence-corrected chi connectivity index (χ1v) is 11.7. The molecule has 31 heavy (non-hydrogen) atoms. The van der Waals surface area contributed by atoms with Crippen molar-refractivity contribution in [3.8, 4) is 0 Å². The molecule has 174 valence electrons. The Morgan fingerprint density at radius 1 is 1.19 bits per heavy atom. The molecule has 0 radical (unpaired) electrons. The molecule has 1 heterocycles. The van der Waals surface area contributed by atoms with Gasteiger partial charge in [-0.05, 0) is 67.8 Å². The third-order valence-corrected chi connectivity index (χ3v) is 9.75. The molecule has 0 aromatic carbocycles. The molecule has 0 amide bonds. The summed E-state index contributed by atoms with van der Waals surface area (Å²) in [6, 6.07) is 0. The highest BCUT2D eigenvalue weighted by Crippen LogP contribution is 2.69. The van der Waals surface area contributed by atoms with E-state index in [0.717, 1.165) is 25.7 Å². The third-order valence-electron chi connectivity index (χ3n) is 9.75. The summed E-state index contributed by atoms with van der Waals surface area (Å²) < 4.78 is 22.5. The summed E-state index contributed by atoms with van der Waals surface area (Å²) in [5.41, 5.74) is -0.794. The van der Waals surface area contributed by atoms with Gasteiger partial charge in [-0.25, -0.2) is 0 Å². The van der Waals surface area contributed by atoms with Gasteiger partial charge in [-0.15, -0.1) is 0 Å². The zero-order chi connectivity index (χ0) is 22.1. The predicted molar refractivity (Wildman–Crippen MR) is 111 cm³/mol. The summed E-state index contributed by atoms with van der Waals surface area (Å²) in [5.74, 6) is -0.621. The summed E-state index contributed by atoms with van der Waals surface area (Å²) in [6.07, 6.45) is 6.99. The molecule has 3 unspecified atom stereocenters. The number of aliphatic hydroxyl groups is 2. The Labute approximate surface area is 184 Å². The quantitative estimate of drug-likeness (QED) is 0.654. The van der Waals surface area contributed by atoms with Crippen LogP contribution in [0, 0.1) is 28.6 Å².